The molecule has 0 aromatic heterocycles. The van der Waals surface area contributed by atoms with Gasteiger partial charge in [-0.3, -0.25) is 0 Å². The van der Waals surface area contributed by atoms with E-state index in [4.69, 9.17) is 0 Å². The number of nitrogens with one attached hydrogen (secondary N) is 1. The largest absolute Gasteiger partial charge is 0.379 e. The van der Waals surface area contributed by atoms with Crippen LogP contribution in [-0.2, 0) is 5.41 Å². The number of benzene rings is 1. The highest BCUT2D eigenvalue weighted by Crippen LogP contribution is 2.44. The molecule has 1 saturated carbocycles. The van der Waals surface area contributed by atoms with E-state index in [1.165, 1.54) is 69.0 Å². The van der Waals surface area contributed by atoms with Crippen molar-refractivity contribution in [1.29, 1.82) is 0 Å². The van der Waals surface area contributed by atoms with Gasteiger partial charge < -0.3 is 5.32 Å². The lowest BCUT2D eigenvalue weighted by Gasteiger charge is -2.37. The van der Waals surface area contributed by atoms with Crippen molar-refractivity contribution in [3.05, 3.63) is 29.8 Å². The molecule has 1 aliphatic carbocycles. The van der Waals surface area contributed by atoms with Crippen molar-refractivity contribution in [2.24, 2.45) is 0 Å². The summed E-state index contributed by atoms with van der Waals surface area (Å²) in [6.45, 7) is 4.82. The molecule has 1 fully saturated rings. The van der Waals surface area contributed by atoms with Crippen molar-refractivity contribution < 1.29 is 0 Å². The van der Waals surface area contributed by atoms with Crippen molar-refractivity contribution in [3.8, 4) is 0 Å². The zero-order valence-electron chi connectivity index (χ0n) is 13.2. The van der Waals surface area contributed by atoms with Crippen LogP contribution >= 0.6 is 0 Å². The van der Waals surface area contributed by atoms with Gasteiger partial charge in [0.05, 0.1) is 0 Å². The van der Waals surface area contributed by atoms with Crippen LogP contribution in [0.1, 0.15) is 77.2 Å². The van der Waals surface area contributed by atoms with Crippen LogP contribution in [0.2, 0.25) is 0 Å². The van der Waals surface area contributed by atoms with Crippen LogP contribution in [-0.4, -0.2) is 5.54 Å². The second-order valence-electron chi connectivity index (χ2n) is 7.60. The minimum absolute atomic E-state index is 0.301. The molecule has 3 rings (SSSR count). The van der Waals surface area contributed by atoms with Crippen molar-refractivity contribution >= 4 is 5.69 Å². The third-order valence-corrected chi connectivity index (χ3v) is 5.60. The third kappa shape index (κ3) is 2.73. The maximum absolute atomic E-state index is 4.00. The topological polar surface area (TPSA) is 12.0 Å². The summed E-state index contributed by atoms with van der Waals surface area (Å²) in [5, 5.41) is 4.00. The predicted molar refractivity (Wildman–Crippen MR) is 87.4 cm³/mol. The lowest BCUT2D eigenvalue weighted by atomic mass is 9.75. The van der Waals surface area contributed by atoms with Gasteiger partial charge in [0.15, 0.2) is 0 Å². The molecule has 0 radical (unpaired) electrons. The highest BCUT2D eigenvalue weighted by molar-refractivity contribution is 5.57. The Kier molecular flexibility index (Phi) is 3.79. The summed E-state index contributed by atoms with van der Waals surface area (Å²) in [5.41, 5.74) is 3.58. The number of para-hydroxylation sites is 1. The van der Waals surface area contributed by atoms with E-state index in [9.17, 15) is 0 Å². The number of anilines is 1. The lowest BCUT2D eigenvalue weighted by molar-refractivity contribution is 0.300. The number of hydrogen-bond acceptors (Lipinski definition) is 1. The quantitative estimate of drug-likeness (QED) is 0.642. The molecule has 0 amide bonds. The van der Waals surface area contributed by atoms with E-state index in [2.05, 4.69) is 43.4 Å². The minimum Gasteiger partial charge on any atom is -0.379 e. The molecule has 0 saturated heterocycles. The highest BCUT2D eigenvalue weighted by atomic mass is 15.0. The van der Waals surface area contributed by atoms with Gasteiger partial charge in [0.25, 0.3) is 0 Å². The predicted octanol–water partition coefficient (Wildman–Crippen LogP) is 5.65. The van der Waals surface area contributed by atoms with Crippen molar-refractivity contribution in [2.75, 3.05) is 5.32 Å². The van der Waals surface area contributed by atoms with Crippen molar-refractivity contribution in [1.82, 2.24) is 0 Å². The van der Waals surface area contributed by atoms with Crippen LogP contribution in [0.5, 0.6) is 0 Å². The Morgan fingerprint density at radius 1 is 0.800 bits per heavy atom. The van der Waals surface area contributed by atoms with E-state index in [-0.39, 0.29) is 0 Å². The van der Waals surface area contributed by atoms with Crippen LogP contribution in [0.4, 0.5) is 5.69 Å². The number of rotatable bonds is 0. The zero-order chi connectivity index (χ0) is 14.1. The van der Waals surface area contributed by atoms with Gasteiger partial charge in [-0.25, -0.2) is 0 Å². The first-order valence-electron chi connectivity index (χ1n) is 8.49. The molecule has 1 aromatic carbocycles. The molecule has 2 aliphatic rings. The molecule has 0 atom stereocenters. The van der Waals surface area contributed by atoms with E-state index in [0.717, 1.165) is 0 Å². The van der Waals surface area contributed by atoms with Crippen LogP contribution in [0.25, 0.3) is 0 Å². The maximum Gasteiger partial charge on any atom is 0.0382 e. The Hall–Kier alpha value is -0.980. The Bertz CT molecular complexity index is 453. The molecule has 1 heterocycles. The molecular formula is C19H29N. The van der Waals surface area contributed by atoms with Gasteiger partial charge in [-0.15, -0.1) is 0 Å². The van der Waals surface area contributed by atoms with Gasteiger partial charge in [-0.2, -0.15) is 0 Å². The molecule has 1 heteroatoms. The highest BCUT2D eigenvalue weighted by Gasteiger charge is 2.37. The zero-order valence-corrected chi connectivity index (χ0v) is 13.2. The average molecular weight is 271 g/mol. The average Bonchev–Trinajstić information content (AvgIpc) is 2.51. The van der Waals surface area contributed by atoms with E-state index in [1.807, 2.05) is 0 Å². The molecule has 1 aliphatic heterocycles. The van der Waals surface area contributed by atoms with E-state index in [0.29, 0.717) is 11.0 Å². The Labute approximate surface area is 124 Å². The van der Waals surface area contributed by atoms with Gasteiger partial charge in [0, 0.05) is 11.2 Å². The Morgan fingerprint density at radius 2 is 1.45 bits per heavy atom. The Morgan fingerprint density at radius 3 is 2.20 bits per heavy atom. The van der Waals surface area contributed by atoms with Gasteiger partial charge in [0.1, 0.15) is 0 Å². The summed E-state index contributed by atoms with van der Waals surface area (Å²) < 4.78 is 0. The first kappa shape index (κ1) is 14.0. The van der Waals surface area contributed by atoms with Crippen LogP contribution in [0, 0.1) is 0 Å². The summed E-state index contributed by atoms with van der Waals surface area (Å²) in [5.74, 6) is 0. The molecular weight excluding hydrogens is 242 g/mol. The molecule has 110 valence electrons. The van der Waals surface area contributed by atoms with Crippen LogP contribution in [0.15, 0.2) is 24.3 Å². The second-order valence-corrected chi connectivity index (χ2v) is 7.60. The number of fused-ring (bicyclic) bond motifs is 1. The van der Waals surface area contributed by atoms with Gasteiger partial charge in [0.2, 0.25) is 0 Å². The first-order chi connectivity index (χ1) is 9.61. The fourth-order valence-corrected chi connectivity index (χ4v) is 4.17. The van der Waals surface area contributed by atoms with Crippen molar-refractivity contribution in [3.63, 3.8) is 0 Å². The maximum atomic E-state index is 4.00. The van der Waals surface area contributed by atoms with Crippen molar-refractivity contribution in [2.45, 2.75) is 82.6 Å². The first-order valence-corrected chi connectivity index (χ1v) is 8.49. The normalized spacial score (nSPS) is 24.9. The van der Waals surface area contributed by atoms with Gasteiger partial charge >= 0.3 is 0 Å². The SMILES string of the molecule is CC1(C)CCC2(CCCCCCC2)Nc2ccccc21. The molecule has 0 unspecified atom stereocenters. The Balaban J connectivity index is 1.93. The van der Waals surface area contributed by atoms with Gasteiger partial charge in [-0.05, 0) is 42.7 Å². The lowest BCUT2D eigenvalue weighted by Crippen LogP contribution is -2.38. The summed E-state index contributed by atoms with van der Waals surface area (Å²) in [4.78, 5) is 0. The minimum atomic E-state index is 0.301. The molecule has 1 nitrogen and oxygen atoms in total. The molecule has 1 spiro atoms. The fourth-order valence-electron chi connectivity index (χ4n) is 4.17. The van der Waals surface area contributed by atoms with Crippen LogP contribution < -0.4 is 5.32 Å². The monoisotopic (exact) mass is 271 g/mol. The van der Waals surface area contributed by atoms with E-state index in [1.54, 1.807) is 0 Å². The molecule has 0 bridgehead atoms. The van der Waals surface area contributed by atoms with E-state index >= 15 is 0 Å². The smallest absolute Gasteiger partial charge is 0.0382 e. The number of hydrogen-bond donors (Lipinski definition) is 1. The molecule has 20 heavy (non-hydrogen) atoms. The van der Waals surface area contributed by atoms with Gasteiger partial charge in [-0.1, -0.05) is 64.2 Å². The summed E-state index contributed by atoms with van der Waals surface area (Å²) in [6, 6.07) is 9.00. The standard InChI is InChI=1S/C19H29N/c1-18(2)14-15-19(12-8-4-3-5-9-13-19)20-17-11-7-6-10-16(17)18/h6-7,10-11,20H,3-5,8-9,12-15H2,1-2H3. The second kappa shape index (κ2) is 5.42. The summed E-state index contributed by atoms with van der Waals surface area (Å²) in [6.07, 6.45) is 12.4. The summed E-state index contributed by atoms with van der Waals surface area (Å²) >= 11 is 0. The summed E-state index contributed by atoms with van der Waals surface area (Å²) in [7, 11) is 0. The van der Waals surface area contributed by atoms with E-state index < -0.39 is 0 Å². The fraction of sp³-hybridized carbons (Fsp3) is 0.684. The third-order valence-electron chi connectivity index (χ3n) is 5.60. The molecule has 1 aromatic rings. The van der Waals surface area contributed by atoms with Crippen LogP contribution in [0.3, 0.4) is 0 Å². The molecule has 1 N–H and O–H groups in total.